The van der Waals surface area contributed by atoms with Crippen molar-refractivity contribution in [3.05, 3.63) is 53.1 Å². The van der Waals surface area contributed by atoms with E-state index >= 15 is 0 Å². The number of rotatable bonds is 6. The van der Waals surface area contributed by atoms with E-state index in [0.717, 1.165) is 22.3 Å². The maximum atomic E-state index is 12.6. The second-order valence-electron chi connectivity index (χ2n) is 7.33. The summed E-state index contributed by atoms with van der Waals surface area (Å²) in [5.41, 5.74) is 5.85. The molecule has 0 atom stereocenters. The highest BCUT2D eigenvalue weighted by Crippen LogP contribution is 2.31. The van der Waals surface area contributed by atoms with Gasteiger partial charge in [0.15, 0.2) is 10.8 Å². The summed E-state index contributed by atoms with van der Waals surface area (Å²) in [5.74, 6) is 1.23. The van der Waals surface area contributed by atoms with Crippen molar-refractivity contribution in [2.24, 2.45) is 0 Å². The van der Waals surface area contributed by atoms with E-state index in [1.54, 1.807) is 32.4 Å². The van der Waals surface area contributed by atoms with Crippen LogP contribution in [-0.2, 0) is 4.79 Å². The lowest BCUT2D eigenvalue weighted by molar-refractivity contribution is -0.113. The number of hydrogen-bond donors (Lipinski definition) is 1. The number of thioether (sulfide) groups is 1. The van der Waals surface area contributed by atoms with Gasteiger partial charge >= 0.3 is 0 Å². The van der Waals surface area contributed by atoms with Crippen LogP contribution in [0.15, 0.2) is 41.6 Å². The third kappa shape index (κ3) is 3.90. The number of ether oxygens (including phenoxy) is 2. The monoisotopic (exact) mass is 436 g/mol. The molecule has 0 spiro atoms. The number of aromatic nitrogens is 3. The predicted molar refractivity (Wildman–Crippen MR) is 124 cm³/mol. The van der Waals surface area contributed by atoms with Crippen molar-refractivity contribution in [3.8, 4) is 11.5 Å². The van der Waals surface area contributed by atoms with Crippen LogP contribution in [0, 0.1) is 20.8 Å². The number of hydrogen-bond acceptors (Lipinski definition) is 6. The van der Waals surface area contributed by atoms with Crippen LogP contribution in [-0.4, -0.2) is 40.5 Å². The molecule has 0 saturated carbocycles. The average Bonchev–Trinajstić information content (AvgIpc) is 3.20. The molecule has 2 heterocycles. The lowest BCUT2D eigenvalue weighted by Crippen LogP contribution is -2.15. The van der Waals surface area contributed by atoms with Gasteiger partial charge < -0.3 is 14.8 Å². The lowest BCUT2D eigenvalue weighted by Gasteiger charge is -2.12. The molecule has 4 aromatic rings. The molecule has 1 amide bonds. The molecule has 160 valence electrons. The molecule has 31 heavy (non-hydrogen) atoms. The van der Waals surface area contributed by atoms with E-state index in [9.17, 15) is 4.79 Å². The van der Waals surface area contributed by atoms with Gasteiger partial charge in [-0.25, -0.2) is 0 Å². The zero-order valence-electron chi connectivity index (χ0n) is 18.1. The Morgan fingerprint density at radius 3 is 2.52 bits per heavy atom. The summed E-state index contributed by atoms with van der Waals surface area (Å²) < 4.78 is 12.6. The number of anilines is 1. The zero-order valence-corrected chi connectivity index (χ0v) is 19.0. The van der Waals surface area contributed by atoms with Crippen LogP contribution >= 0.6 is 11.8 Å². The predicted octanol–water partition coefficient (Wildman–Crippen LogP) is 4.56. The van der Waals surface area contributed by atoms with Crippen LogP contribution in [0.3, 0.4) is 0 Å². The first-order valence-electron chi connectivity index (χ1n) is 9.82. The minimum absolute atomic E-state index is 0.157. The Labute approximate surface area is 184 Å². The first-order chi connectivity index (χ1) is 14.9. The molecule has 2 aromatic heterocycles. The van der Waals surface area contributed by atoms with E-state index in [2.05, 4.69) is 52.0 Å². The highest BCUT2D eigenvalue weighted by molar-refractivity contribution is 7.99. The van der Waals surface area contributed by atoms with Gasteiger partial charge in [0.05, 0.1) is 31.2 Å². The number of carbonyl (C=O) groups excluding carboxylic acids is 1. The maximum absolute atomic E-state index is 12.6. The van der Waals surface area contributed by atoms with Gasteiger partial charge in [-0.3, -0.25) is 9.20 Å². The molecule has 0 bridgehead atoms. The summed E-state index contributed by atoms with van der Waals surface area (Å²) in [6.45, 7) is 6.20. The van der Waals surface area contributed by atoms with E-state index < -0.39 is 0 Å². The Bertz CT molecular complexity index is 1300. The summed E-state index contributed by atoms with van der Waals surface area (Å²) in [5, 5.41) is 13.5. The van der Waals surface area contributed by atoms with Crippen molar-refractivity contribution in [1.82, 2.24) is 14.6 Å². The number of nitrogens with one attached hydrogen (secondary N) is 1. The Hall–Kier alpha value is -3.26. The number of aryl methyl sites for hydroxylation is 3. The number of nitrogens with zero attached hydrogens (tertiary/aromatic N) is 3. The van der Waals surface area contributed by atoms with Gasteiger partial charge in [-0.15, -0.1) is 10.2 Å². The molecule has 0 aliphatic carbocycles. The first kappa shape index (κ1) is 21.0. The molecular weight excluding hydrogens is 412 g/mol. The molecule has 0 radical (unpaired) electrons. The standard InChI is InChI=1S/C23H24N4O3S/c1-13-6-7-14(2)21-17(13)10-15(3)22-25-26-23(27(21)22)31-12-20(28)24-18-9-8-16(29-4)11-19(18)30-5/h6-11H,12H2,1-5H3,(H,24,28). The van der Waals surface area contributed by atoms with Gasteiger partial charge in [-0.2, -0.15) is 0 Å². The first-order valence-corrected chi connectivity index (χ1v) is 10.8. The Balaban J connectivity index is 1.61. The van der Waals surface area contributed by atoms with E-state index in [1.165, 1.54) is 22.7 Å². The largest absolute Gasteiger partial charge is 0.497 e. The second-order valence-corrected chi connectivity index (χ2v) is 8.28. The molecule has 7 nitrogen and oxygen atoms in total. The SMILES string of the molecule is COc1ccc(NC(=O)CSc2nnc3c(C)cc4c(C)ccc(C)c4n23)c(OC)c1. The smallest absolute Gasteiger partial charge is 0.234 e. The van der Waals surface area contributed by atoms with E-state index in [1.807, 2.05) is 6.92 Å². The zero-order chi connectivity index (χ0) is 22.1. The number of methoxy groups -OCH3 is 2. The average molecular weight is 437 g/mol. The molecule has 4 rings (SSSR count). The number of amides is 1. The number of fused-ring (bicyclic) bond motifs is 3. The second kappa shape index (κ2) is 8.47. The van der Waals surface area contributed by atoms with Gasteiger partial charge in [0, 0.05) is 11.5 Å². The number of carbonyl (C=O) groups is 1. The van der Waals surface area contributed by atoms with Crippen molar-refractivity contribution < 1.29 is 14.3 Å². The van der Waals surface area contributed by atoms with Crippen LogP contribution in [0.1, 0.15) is 16.7 Å². The van der Waals surface area contributed by atoms with Crippen molar-refractivity contribution in [1.29, 1.82) is 0 Å². The highest BCUT2D eigenvalue weighted by atomic mass is 32.2. The molecule has 1 N–H and O–H groups in total. The molecule has 0 saturated heterocycles. The lowest BCUT2D eigenvalue weighted by atomic mass is 10.0. The molecule has 0 aliphatic heterocycles. The topological polar surface area (TPSA) is 77.8 Å². The summed E-state index contributed by atoms with van der Waals surface area (Å²) in [7, 11) is 3.14. The van der Waals surface area contributed by atoms with Gasteiger partial charge in [-0.1, -0.05) is 23.9 Å². The molecule has 2 aromatic carbocycles. The molecule has 0 fully saturated rings. The third-order valence-electron chi connectivity index (χ3n) is 5.22. The Morgan fingerprint density at radius 2 is 1.77 bits per heavy atom. The number of pyridine rings is 1. The van der Waals surface area contributed by atoms with Crippen LogP contribution in [0.25, 0.3) is 16.6 Å². The summed E-state index contributed by atoms with van der Waals surface area (Å²) >= 11 is 1.35. The molecular formula is C23H24N4O3S. The van der Waals surface area contributed by atoms with Gasteiger partial charge in [0.2, 0.25) is 5.91 Å². The normalized spacial score (nSPS) is 11.1. The van der Waals surface area contributed by atoms with Crippen LogP contribution < -0.4 is 14.8 Å². The molecule has 0 aliphatic rings. The Kier molecular flexibility index (Phi) is 5.73. The summed E-state index contributed by atoms with van der Waals surface area (Å²) in [4.78, 5) is 12.6. The van der Waals surface area contributed by atoms with Crippen LogP contribution in [0.4, 0.5) is 5.69 Å². The number of benzene rings is 2. The fourth-order valence-corrected chi connectivity index (χ4v) is 4.35. The van der Waals surface area contributed by atoms with Crippen molar-refractivity contribution >= 4 is 39.9 Å². The minimum atomic E-state index is -0.157. The molecule has 0 unspecified atom stereocenters. The van der Waals surface area contributed by atoms with Gasteiger partial charge in [0.1, 0.15) is 11.5 Å². The van der Waals surface area contributed by atoms with Crippen molar-refractivity contribution in [2.75, 3.05) is 25.3 Å². The molecule has 8 heteroatoms. The van der Waals surface area contributed by atoms with E-state index in [4.69, 9.17) is 9.47 Å². The Morgan fingerprint density at radius 1 is 1.00 bits per heavy atom. The van der Waals surface area contributed by atoms with Gasteiger partial charge in [0.25, 0.3) is 0 Å². The van der Waals surface area contributed by atoms with Crippen molar-refractivity contribution in [2.45, 2.75) is 25.9 Å². The fourth-order valence-electron chi connectivity index (χ4n) is 3.62. The van der Waals surface area contributed by atoms with Crippen LogP contribution in [0.2, 0.25) is 0 Å². The van der Waals surface area contributed by atoms with E-state index in [0.29, 0.717) is 22.3 Å². The minimum Gasteiger partial charge on any atom is -0.497 e. The van der Waals surface area contributed by atoms with Crippen LogP contribution in [0.5, 0.6) is 11.5 Å². The van der Waals surface area contributed by atoms with Crippen molar-refractivity contribution in [3.63, 3.8) is 0 Å². The van der Waals surface area contributed by atoms with Gasteiger partial charge in [-0.05, 0) is 55.7 Å². The van der Waals surface area contributed by atoms with E-state index in [-0.39, 0.29) is 11.7 Å². The fraction of sp³-hybridized carbons (Fsp3) is 0.261. The summed E-state index contributed by atoms with van der Waals surface area (Å²) in [6.07, 6.45) is 0. The quantitative estimate of drug-likeness (QED) is 0.447. The highest BCUT2D eigenvalue weighted by Gasteiger charge is 2.16. The summed E-state index contributed by atoms with van der Waals surface area (Å²) in [6, 6.07) is 11.6. The maximum Gasteiger partial charge on any atom is 0.234 e. The third-order valence-corrected chi connectivity index (χ3v) is 6.15.